The molecule has 1 aliphatic heterocycles. The molecular weight excluding hydrogens is 190 g/mol. The third kappa shape index (κ3) is 1.57. The van der Waals surface area contributed by atoms with Crippen LogP contribution < -0.4 is 5.32 Å². The first-order valence-electron chi connectivity index (χ1n) is 5.35. The van der Waals surface area contributed by atoms with E-state index in [1.54, 1.807) is 0 Å². The zero-order valence-electron chi connectivity index (χ0n) is 8.85. The van der Waals surface area contributed by atoms with E-state index < -0.39 is 11.7 Å². The number of fused-ring (bicyclic) bond motifs is 1. The van der Waals surface area contributed by atoms with Gasteiger partial charge < -0.3 is 15.5 Å². The van der Waals surface area contributed by atoms with E-state index in [0.717, 1.165) is 12.1 Å². The van der Waals surface area contributed by atoms with Crippen LogP contribution in [0, 0.1) is 0 Å². The maximum absolute atomic E-state index is 10.5. The number of hydrogen-bond acceptors (Lipinski definition) is 3. The lowest BCUT2D eigenvalue weighted by molar-refractivity contribution is -0.0742. The average molecular weight is 207 g/mol. The Hall–Kier alpha value is -0.900. The second-order valence-corrected chi connectivity index (χ2v) is 4.07. The van der Waals surface area contributed by atoms with Crippen molar-refractivity contribution in [3.63, 3.8) is 0 Å². The summed E-state index contributed by atoms with van der Waals surface area (Å²) in [6.45, 7) is 2.67. The normalized spacial score (nSPS) is 42.7. The zero-order chi connectivity index (χ0) is 10.9. The van der Waals surface area contributed by atoms with Crippen molar-refractivity contribution in [2.45, 2.75) is 31.1 Å². The third-order valence-corrected chi connectivity index (χ3v) is 3.16. The molecule has 0 unspecified atom stereocenters. The summed E-state index contributed by atoms with van der Waals surface area (Å²) in [4.78, 5) is 0. The van der Waals surface area contributed by atoms with Gasteiger partial charge in [0.05, 0.1) is 12.1 Å². The molecule has 3 atom stereocenters. The van der Waals surface area contributed by atoms with E-state index in [2.05, 4.69) is 5.32 Å². The summed E-state index contributed by atoms with van der Waals surface area (Å²) in [6, 6.07) is -0.155. The minimum absolute atomic E-state index is 0.155. The van der Waals surface area contributed by atoms with E-state index in [9.17, 15) is 10.2 Å². The fraction of sp³-hybridized carbons (Fsp3) is 0.500. The molecule has 0 spiro atoms. The second-order valence-electron chi connectivity index (χ2n) is 4.07. The summed E-state index contributed by atoms with van der Waals surface area (Å²) in [6.07, 6.45) is 9.33. The van der Waals surface area contributed by atoms with E-state index in [-0.39, 0.29) is 6.04 Å². The number of aliphatic hydroxyl groups excluding tert-OH is 1. The van der Waals surface area contributed by atoms with Gasteiger partial charge in [-0.2, -0.15) is 0 Å². The van der Waals surface area contributed by atoms with Crippen LogP contribution in [0.1, 0.15) is 13.3 Å². The largest absolute Gasteiger partial charge is 0.390 e. The molecule has 0 bridgehead atoms. The van der Waals surface area contributed by atoms with Crippen LogP contribution in [0.3, 0.4) is 0 Å². The third-order valence-electron chi connectivity index (χ3n) is 3.16. The molecule has 0 aromatic carbocycles. The van der Waals surface area contributed by atoms with Crippen LogP contribution in [0.15, 0.2) is 36.0 Å². The number of aliphatic hydroxyl groups is 2. The zero-order valence-corrected chi connectivity index (χ0v) is 8.85. The van der Waals surface area contributed by atoms with Crippen LogP contribution >= 0.6 is 0 Å². The predicted octanol–water partition coefficient (Wildman–Crippen LogP) is 0.513. The van der Waals surface area contributed by atoms with Crippen LogP contribution in [-0.4, -0.2) is 34.5 Å². The minimum Gasteiger partial charge on any atom is -0.390 e. The maximum atomic E-state index is 10.5. The molecule has 2 aliphatic rings. The molecule has 82 valence electrons. The smallest absolute Gasteiger partial charge is 0.134 e. The molecule has 3 N–H and O–H groups in total. The van der Waals surface area contributed by atoms with Gasteiger partial charge in [-0.15, -0.1) is 0 Å². The molecule has 3 heteroatoms. The van der Waals surface area contributed by atoms with Crippen molar-refractivity contribution in [2.24, 2.45) is 0 Å². The minimum atomic E-state index is -1.14. The Bertz CT molecular complexity index is 333. The fourth-order valence-electron chi connectivity index (χ4n) is 2.27. The van der Waals surface area contributed by atoms with Gasteiger partial charge in [-0.05, 0) is 25.5 Å². The molecule has 0 amide bonds. The topological polar surface area (TPSA) is 52.5 Å². The standard InChI is InChI=1S/C12H17NO2/c1-2-3-4-9-5-6-10-12(9,15)11(14)7-8-13-10/h2-6,10-11,13-15H,7-8H2,1H3/b3-2+,9-4+/t10-,11+,12-/m1/s1. The SMILES string of the molecule is C/C=C/C=C1\C=C[C@H]2NCC[C@H](O)[C@@]12O. The monoisotopic (exact) mass is 207 g/mol. The Balaban J connectivity index is 2.32. The lowest BCUT2D eigenvalue weighted by Crippen LogP contribution is -2.60. The fourth-order valence-corrected chi connectivity index (χ4v) is 2.27. The van der Waals surface area contributed by atoms with Crippen LogP contribution in [0.2, 0.25) is 0 Å². The van der Waals surface area contributed by atoms with Crippen LogP contribution in [0.4, 0.5) is 0 Å². The van der Waals surface area contributed by atoms with Gasteiger partial charge in [-0.1, -0.05) is 30.4 Å². The summed E-state index contributed by atoms with van der Waals surface area (Å²) < 4.78 is 0. The molecule has 0 saturated carbocycles. The number of rotatable bonds is 1. The highest BCUT2D eigenvalue weighted by Crippen LogP contribution is 2.36. The predicted molar refractivity (Wildman–Crippen MR) is 59.4 cm³/mol. The van der Waals surface area contributed by atoms with Gasteiger partial charge in [0.15, 0.2) is 0 Å². The molecule has 15 heavy (non-hydrogen) atoms. The molecule has 3 nitrogen and oxygen atoms in total. The summed E-state index contributed by atoms with van der Waals surface area (Å²) in [5, 5.41) is 23.6. The van der Waals surface area contributed by atoms with E-state index in [4.69, 9.17) is 0 Å². The molecule has 0 aromatic rings. The van der Waals surface area contributed by atoms with E-state index in [1.165, 1.54) is 0 Å². The molecule has 1 heterocycles. The molecule has 1 aliphatic carbocycles. The first-order valence-corrected chi connectivity index (χ1v) is 5.35. The summed E-state index contributed by atoms with van der Waals surface area (Å²) >= 11 is 0. The van der Waals surface area contributed by atoms with Crippen molar-refractivity contribution in [3.8, 4) is 0 Å². The first-order chi connectivity index (χ1) is 7.19. The summed E-state index contributed by atoms with van der Waals surface area (Å²) in [7, 11) is 0. The van der Waals surface area contributed by atoms with Crippen LogP contribution in [0.25, 0.3) is 0 Å². The van der Waals surface area contributed by atoms with Gasteiger partial charge in [-0.3, -0.25) is 0 Å². The van der Waals surface area contributed by atoms with Crippen LogP contribution in [0.5, 0.6) is 0 Å². The Morgan fingerprint density at radius 1 is 1.60 bits per heavy atom. The number of hydrogen-bond donors (Lipinski definition) is 3. The Kier molecular flexibility index (Phi) is 2.78. The Labute approximate surface area is 89.8 Å². The molecule has 0 aromatic heterocycles. The molecule has 1 fully saturated rings. The molecular formula is C12H17NO2. The number of allylic oxidation sites excluding steroid dienone is 3. The van der Waals surface area contributed by atoms with E-state index >= 15 is 0 Å². The summed E-state index contributed by atoms with van der Waals surface area (Å²) in [5.74, 6) is 0. The second kappa shape index (κ2) is 3.93. The lowest BCUT2D eigenvalue weighted by atomic mass is 9.81. The van der Waals surface area contributed by atoms with Crippen molar-refractivity contribution in [1.29, 1.82) is 0 Å². The highest BCUT2D eigenvalue weighted by Gasteiger charge is 2.49. The van der Waals surface area contributed by atoms with Crippen LogP contribution in [-0.2, 0) is 0 Å². The van der Waals surface area contributed by atoms with Gasteiger partial charge in [0, 0.05) is 0 Å². The number of piperidine rings is 1. The molecule has 0 radical (unpaired) electrons. The lowest BCUT2D eigenvalue weighted by Gasteiger charge is -2.40. The number of nitrogens with one attached hydrogen (secondary N) is 1. The van der Waals surface area contributed by atoms with E-state index in [0.29, 0.717) is 6.42 Å². The summed E-state index contributed by atoms with van der Waals surface area (Å²) in [5.41, 5.74) is -0.358. The molecule has 1 saturated heterocycles. The van der Waals surface area contributed by atoms with Gasteiger partial charge >= 0.3 is 0 Å². The maximum Gasteiger partial charge on any atom is 0.134 e. The average Bonchev–Trinajstić information content (AvgIpc) is 2.55. The Morgan fingerprint density at radius 2 is 2.40 bits per heavy atom. The quantitative estimate of drug-likeness (QED) is 0.587. The van der Waals surface area contributed by atoms with Crippen molar-refractivity contribution >= 4 is 0 Å². The van der Waals surface area contributed by atoms with Crippen molar-refractivity contribution < 1.29 is 10.2 Å². The van der Waals surface area contributed by atoms with Gasteiger partial charge in [0.2, 0.25) is 0 Å². The van der Waals surface area contributed by atoms with Crippen molar-refractivity contribution in [3.05, 3.63) is 36.0 Å². The highest BCUT2D eigenvalue weighted by molar-refractivity contribution is 5.44. The van der Waals surface area contributed by atoms with E-state index in [1.807, 2.05) is 37.3 Å². The highest BCUT2D eigenvalue weighted by atomic mass is 16.3. The molecule has 2 rings (SSSR count). The van der Waals surface area contributed by atoms with Gasteiger partial charge in [0.25, 0.3) is 0 Å². The van der Waals surface area contributed by atoms with Gasteiger partial charge in [0.1, 0.15) is 5.60 Å². The Morgan fingerprint density at radius 3 is 3.13 bits per heavy atom. The van der Waals surface area contributed by atoms with Gasteiger partial charge in [-0.25, -0.2) is 0 Å². The first kappa shape index (κ1) is 10.6. The van der Waals surface area contributed by atoms with Crippen molar-refractivity contribution in [1.82, 2.24) is 5.32 Å². The van der Waals surface area contributed by atoms with Crippen molar-refractivity contribution in [2.75, 3.05) is 6.54 Å².